The number of benzene rings is 1. The van der Waals surface area contributed by atoms with Gasteiger partial charge in [0.15, 0.2) is 9.84 Å². The molecule has 0 heterocycles. The van der Waals surface area contributed by atoms with Gasteiger partial charge >= 0.3 is 0 Å². The van der Waals surface area contributed by atoms with E-state index in [2.05, 4.69) is 0 Å². The maximum Gasteiger partial charge on any atom is 0.155 e. The molecule has 1 atom stereocenters. The molecule has 0 saturated carbocycles. The molecule has 0 aliphatic heterocycles. The Morgan fingerprint density at radius 2 is 1.94 bits per heavy atom. The van der Waals surface area contributed by atoms with Crippen LogP contribution in [0.2, 0.25) is 0 Å². The van der Waals surface area contributed by atoms with Gasteiger partial charge in [-0.2, -0.15) is 5.26 Å². The highest BCUT2D eigenvalue weighted by Gasteiger charge is 2.14. The van der Waals surface area contributed by atoms with Crippen LogP contribution < -0.4 is 5.73 Å². The molecule has 1 unspecified atom stereocenters. The highest BCUT2D eigenvalue weighted by atomic mass is 32.2. The van der Waals surface area contributed by atoms with Crippen LogP contribution in [0.1, 0.15) is 18.1 Å². The van der Waals surface area contributed by atoms with E-state index in [4.69, 9.17) is 11.0 Å². The molecule has 2 N–H and O–H groups in total. The smallest absolute Gasteiger partial charge is 0.155 e. The number of hydrogen-bond donors (Lipinski definition) is 1. The van der Waals surface area contributed by atoms with Crippen LogP contribution in [0.25, 0.3) is 0 Å². The Balaban J connectivity index is 2.77. The van der Waals surface area contributed by atoms with Crippen molar-refractivity contribution in [3.8, 4) is 6.07 Å². The van der Waals surface area contributed by atoms with Gasteiger partial charge in [0.05, 0.1) is 23.1 Å². The molecule has 0 fully saturated rings. The number of rotatable bonds is 4. The highest BCUT2D eigenvalue weighted by Crippen LogP contribution is 2.09. The zero-order valence-electron chi connectivity index (χ0n) is 9.05. The van der Waals surface area contributed by atoms with E-state index in [0.29, 0.717) is 11.1 Å². The van der Waals surface area contributed by atoms with Gasteiger partial charge in [0.2, 0.25) is 0 Å². The fraction of sp³-hybridized carbons (Fsp3) is 0.364. The number of hydrogen-bond acceptors (Lipinski definition) is 4. The van der Waals surface area contributed by atoms with Crippen LogP contribution in [0.3, 0.4) is 0 Å². The van der Waals surface area contributed by atoms with Gasteiger partial charge < -0.3 is 5.73 Å². The molecule has 0 bridgehead atoms. The first kappa shape index (κ1) is 12.7. The second-order valence-corrected chi connectivity index (χ2v) is 5.95. The van der Waals surface area contributed by atoms with Crippen LogP contribution in [0.15, 0.2) is 24.3 Å². The minimum atomic E-state index is -3.16. The third kappa shape index (κ3) is 4.01. The summed E-state index contributed by atoms with van der Waals surface area (Å²) in [7, 11) is -3.16. The maximum atomic E-state index is 11.6. The summed E-state index contributed by atoms with van der Waals surface area (Å²) < 4.78 is 23.2. The zero-order valence-corrected chi connectivity index (χ0v) is 9.87. The molecule has 4 nitrogen and oxygen atoms in total. The second kappa shape index (κ2) is 5.10. The molecule has 0 aliphatic rings. The molecular weight excluding hydrogens is 224 g/mol. The second-order valence-electron chi connectivity index (χ2n) is 3.84. The average Bonchev–Trinajstić information content (AvgIpc) is 2.16. The van der Waals surface area contributed by atoms with Crippen molar-refractivity contribution >= 4 is 9.84 Å². The molecule has 0 aromatic heterocycles. The molecular formula is C11H14N2O2S. The fourth-order valence-electron chi connectivity index (χ4n) is 1.39. The predicted molar refractivity (Wildman–Crippen MR) is 62.3 cm³/mol. The lowest BCUT2D eigenvalue weighted by Gasteiger charge is -2.06. The first-order valence-corrected chi connectivity index (χ1v) is 6.70. The van der Waals surface area contributed by atoms with E-state index in [0.717, 1.165) is 0 Å². The Kier molecular flexibility index (Phi) is 4.05. The summed E-state index contributed by atoms with van der Waals surface area (Å²) in [5.41, 5.74) is 6.66. The standard InChI is InChI=1S/C11H14N2O2S/c1-9(13)7-16(14,15)8-11-4-2-10(6-12)3-5-11/h2-5,9H,7-8,13H2,1H3. The van der Waals surface area contributed by atoms with Gasteiger partial charge in [-0.05, 0) is 24.6 Å². The Morgan fingerprint density at radius 1 is 1.38 bits per heavy atom. The molecule has 0 aliphatic carbocycles. The van der Waals surface area contributed by atoms with Gasteiger partial charge in [-0.15, -0.1) is 0 Å². The van der Waals surface area contributed by atoms with Crippen LogP contribution >= 0.6 is 0 Å². The quantitative estimate of drug-likeness (QED) is 0.841. The van der Waals surface area contributed by atoms with Crippen LogP contribution in [0.4, 0.5) is 0 Å². The van der Waals surface area contributed by atoms with E-state index in [-0.39, 0.29) is 17.5 Å². The van der Waals surface area contributed by atoms with Crippen molar-refractivity contribution in [2.24, 2.45) is 5.73 Å². The Labute approximate surface area is 95.6 Å². The van der Waals surface area contributed by atoms with Gasteiger partial charge in [-0.25, -0.2) is 8.42 Å². The summed E-state index contributed by atoms with van der Waals surface area (Å²) >= 11 is 0. The average molecular weight is 238 g/mol. The van der Waals surface area contributed by atoms with Crippen LogP contribution in [-0.4, -0.2) is 20.2 Å². The highest BCUT2D eigenvalue weighted by molar-refractivity contribution is 7.90. The Hall–Kier alpha value is -1.38. The van der Waals surface area contributed by atoms with E-state index in [1.165, 1.54) is 0 Å². The maximum absolute atomic E-state index is 11.6. The predicted octanol–water partition coefficient (Wildman–Crippen LogP) is 0.820. The Bertz CT molecular complexity index is 484. The molecule has 0 radical (unpaired) electrons. The van der Waals surface area contributed by atoms with E-state index in [1.54, 1.807) is 31.2 Å². The summed E-state index contributed by atoms with van der Waals surface area (Å²) in [5, 5.41) is 8.60. The van der Waals surface area contributed by atoms with Crippen molar-refractivity contribution in [1.82, 2.24) is 0 Å². The van der Waals surface area contributed by atoms with E-state index < -0.39 is 9.84 Å². The summed E-state index contributed by atoms with van der Waals surface area (Å²) in [6.07, 6.45) is 0. The molecule has 0 amide bonds. The van der Waals surface area contributed by atoms with Gasteiger partial charge in [0.1, 0.15) is 0 Å². The number of nitriles is 1. The number of nitrogens with two attached hydrogens (primary N) is 1. The third-order valence-corrected chi connectivity index (χ3v) is 3.79. The largest absolute Gasteiger partial charge is 0.327 e. The summed E-state index contributed by atoms with van der Waals surface area (Å²) in [4.78, 5) is 0. The lowest BCUT2D eigenvalue weighted by atomic mass is 10.2. The van der Waals surface area contributed by atoms with Crippen LogP contribution in [0, 0.1) is 11.3 Å². The molecule has 1 rings (SSSR count). The van der Waals surface area contributed by atoms with Crippen molar-refractivity contribution in [3.05, 3.63) is 35.4 Å². The molecule has 0 saturated heterocycles. The van der Waals surface area contributed by atoms with Crippen molar-refractivity contribution in [2.75, 3.05) is 5.75 Å². The fourth-order valence-corrected chi connectivity index (χ4v) is 3.01. The molecule has 1 aromatic carbocycles. The third-order valence-electron chi connectivity index (χ3n) is 1.99. The molecule has 86 valence electrons. The molecule has 16 heavy (non-hydrogen) atoms. The topological polar surface area (TPSA) is 84.0 Å². The number of sulfone groups is 1. The zero-order chi connectivity index (χ0) is 12.2. The van der Waals surface area contributed by atoms with Crippen LogP contribution in [0.5, 0.6) is 0 Å². The Morgan fingerprint density at radius 3 is 2.38 bits per heavy atom. The molecule has 5 heteroatoms. The molecule has 0 spiro atoms. The van der Waals surface area contributed by atoms with Crippen molar-refractivity contribution < 1.29 is 8.42 Å². The van der Waals surface area contributed by atoms with Gasteiger partial charge in [0, 0.05) is 6.04 Å². The minimum Gasteiger partial charge on any atom is -0.327 e. The van der Waals surface area contributed by atoms with Crippen molar-refractivity contribution in [2.45, 2.75) is 18.7 Å². The first-order chi connectivity index (χ1) is 7.43. The lowest BCUT2D eigenvalue weighted by molar-refractivity contribution is 0.589. The van der Waals surface area contributed by atoms with Gasteiger partial charge in [-0.3, -0.25) is 0 Å². The SMILES string of the molecule is CC(N)CS(=O)(=O)Cc1ccc(C#N)cc1. The summed E-state index contributed by atoms with van der Waals surface area (Å²) in [6, 6.07) is 8.14. The van der Waals surface area contributed by atoms with Gasteiger partial charge in [-0.1, -0.05) is 12.1 Å². The van der Waals surface area contributed by atoms with Crippen molar-refractivity contribution in [1.29, 1.82) is 5.26 Å². The monoisotopic (exact) mass is 238 g/mol. The lowest BCUT2D eigenvalue weighted by Crippen LogP contribution is -2.26. The summed E-state index contributed by atoms with van der Waals surface area (Å²) in [5.74, 6) is -0.0484. The van der Waals surface area contributed by atoms with Crippen molar-refractivity contribution in [3.63, 3.8) is 0 Å². The number of nitrogens with zero attached hydrogens (tertiary/aromatic N) is 1. The summed E-state index contributed by atoms with van der Waals surface area (Å²) in [6.45, 7) is 1.66. The van der Waals surface area contributed by atoms with Gasteiger partial charge in [0.25, 0.3) is 0 Å². The van der Waals surface area contributed by atoms with Crippen LogP contribution in [-0.2, 0) is 15.6 Å². The molecule has 1 aromatic rings. The minimum absolute atomic E-state index is 0.0208. The van der Waals surface area contributed by atoms with E-state index >= 15 is 0 Å². The van der Waals surface area contributed by atoms with E-state index in [1.807, 2.05) is 6.07 Å². The first-order valence-electron chi connectivity index (χ1n) is 4.88. The normalized spacial score (nSPS) is 13.1. The van der Waals surface area contributed by atoms with E-state index in [9.17, 15) is 8.42 Å².